The van der Waals surface area contributed by atoms with E-state index >= 15 is 0 Å². The number of benzene rings is 1. The fraction of sp³-hybridized carbons (Fsp3) is 0.524. The van der Waals surface area contributed by atoms with Crippen LogP contribution in [0.5, 0.6) is 0 Å². The number of oxazole rings is 1. The third kappa shape index (κ3) is 3.68. The lowest BCUT2D eigenvalue weighted by molar-refractivity contribution is 0.0640. The molecule has 1 unspecified atom stereocenters. The van der Waals surface area contributed by atoms with Gasteiger partial charge in [-0.2, -0.15) is 0 Å². The van der Waals surface area contributed by atoms with Crippen LogP contribution in [-0.4, -0.2) is 40.3 Å². The predicted molar refractivity (Wildman–Crippen MR) is 99.8 cm³/mol. The number of fused-ring (bicyclic) bond motifs is 1. The van der Waals surface area contributed by atoms with E-state index in [1.807, 2.05) is 4.90 Å². The van der Waals surface area contributed by atoms with Gasteiger partial charge in [0.05, 0.1) is 5.69 Å². The van der Waals surface area contributed by atoms with Crippen molar-refractivity contribution in [3.05, 3.63) is 52.7 Å². The van der Waals surface area contributed by atoms with Gasteiger partial charge < -0.3 is 9.32 Å². The highest BCUT2D eigenvalue weighted by Crippen LogP contribution is 2.24. The molecule has 2 aliphatic heterocycles. The average Bonchev–Trinajstić information content (AvgIpc) is 3.06. The van der Waals surface area contributed by atoms with Crippen molar-refractivity contribution in [3.8, 4) is 0 Å². The lowest BCUT2D eigenvalue weighted by Crippen LogP contribution is -2.39. The van der Waals surface area contributed by atoms with Crippen molar-refractivity contribution in [2.24, 2.45) is 5.92 Å². The van der Waals surface area contributed by atoms with Gasteiger partial charge in [0.1, 0.15) is 5.76 Å². The maximum absolute atomic E-state index is 12.7. The Bertz CT molecular complexity index is 781. The second-order valence-corrected chi connectivity index (χ2v) is 7.83. The van der Waals surface area contributed by atoms with Crippen LogP contribution in [0.25, 0.3) is 0 Å². The molecule has 0 N–H and O–H groups in total. The van der Waals surface area contributed by atoms with Crippen LogP contribution in [-0.2, 0) is 19.5 Å². The summed E-state index contributed by atoms with van der Waals surface area (Å²) in [7, 11) is 0. The maximum atomic E-state index is 12.7. The number of hydrogen-bond donors (Lipinski definition) is 0. The first kappa shape index (κ1) is 17.3. The quantitative estimate of drug-likeness (QED) is 0.848. The zero-order chi connectivity index (χ0) is 18.1. The van der Waals surface area contributed by atoms with Gasteiger partial charge >= 0.3 is 5.91 Å². The van der Waals surface area contributed by atoms with Gasteiger partial charge in [-0.3, -0.25) is 9.69 Å². The molecule has 1 aromatic heterocycles. The molecule has 5 nitrogen and oxygen atoms in total. The van der Waals surface area contributed by atoms with Crippen molar-refractivity contribution in [3.63, 3.8) is 0 Å². The molecule has 0 bridgehead atoms. The molecule has 1 fully saturated rings. The lowest BCUT2D eigenvalue weighted by Gasteiger charge is -2.29. The number of likely N-dealkylation sites (tertiary alicyclic amines) is 1. The van der Waals surface area contributed by atoms with E-state index in [2.05, 4.69) is 48.0 Å². The highest BCUT2D eigenvalue weighted by Gasteiger charge is 2.29. The number of carbonyl (C=O) groups excluding carboxylic acids is 1. The summed E-state index contributed by atoms with van der Waals surface area (Å²) in [6.07, 6.45) is 3.08. The van der Waals surface area contributed by atoms with Crippen LogP contribution in [0.15, 0.2) is 28.7 Å². The highest BCUT2D eigenvalue weighted by molar-refractivity contribution is 5.89. The fourth-order valence-corrected chi connectivity index (χ4v) is 3.94. The molecule has 1 aromatic carbocycles. The Morgan fingerprint density at radius 1 is 1.27 bits per heavy atom. The minimum atomic E-state index is -0.0453. The third-order valence-electron chi connectivity index (χ3n) is 5.46. The number of rotatable bonds is 3. The van der Waals surface area contributed by atoms with Gasteiger partial charge in [0, 0.05) is 39.1 Å². The van der Waals surface area contributed by atoms with E-state index in [0.29, 0.717) is 5.92 Å². The molecule has 2 aromatic rings. The van der Waals surface area contributed by atoms with Crippen molar-refractivity contribution >= 4 is 5.91 Å². The van der Waals surface area contributed by atoms with Gasteiger partial charge in [-0.05, 0) is 31.2 Å². The Hall–Kier alpha value is -2.14. The van der Waals surface area contributed by atoms with E-state index in [1.54, 1.807) is 0 Å². The highest BCUT2D eigenvalue weighted by atomic mass is 16.4. The fourth-order valence-electron chi connectivity index (χ4n) is 3.94. The molecule has 5 heteroatoms. The van der Waals surface area contributed by atoms with Crippen LogP contribution in [0.4, 0.5) is 0 Å². The number of nitrogens with zero attached hydrogens (tertiary/aromatic N) is 3. The van der Waals surface area contributed by atoms with Crippen molar-refractivity contribution in [1.29, 1.82) is 0 Å². The summed E-state index contributed by atoms with van der Waals surface area (Å²) in [6, 6.07) is 8.66. The summed E-state index contributed by atoms with van der Waals surface area (Å²) in [5, 5.41) is 0. The van der Waals surface area contributed by atoms with Crippen LogP contribution in [0.3, 0.4) is 0 Å². The number of amides is 1. The molecule has 0 saturated carbocycles. The minimum Gasteiger partial charge on any atom is -0.437 e. The number of hydrogen-bond acceptors (Lipinski definition) is 4. The number of piperidine rings is 1. The van der Waals surface area contributed by atoms with Gasteiger partial charge in [-0.15, -0.1) is 0 Å². The minimum absolute atomic E-state index is 0.0453. The summed E-state index contributed by atoms with van der Waals surface area (Å²) in [5.74, 6) is 1.68. The Morgan fingerprint density at radius 3 is 2.85 bits per heavy atom. The molecule has 0 radical (unpaired) electrons. The van der Waals surface area contributed by atoms with Crippen molar-refractivity contribution in [1.82, 2.24) is 14.8 Å². The Labute approximate surface area is 155 Å². The van der Waals surface area contributed by atoms with E-state index in [-0.39, 0.29) is 11.8 Å². The summed E-state index contributed by atoms with van der Waals surface area (Å²) in [4.78, 5) is 21.5. The van der Waals surface area contributed by atoms with E-state index in [0.717, 1.165) is 57.0 Å². The lowest BCUT2D eigenvalue weighted by atomic mass is 10.0. The van der Waals surface area contributed by atoms with E-state index in [9.17, 15) is 4.79 Å². The SMILES string of the molecule is Cc1ccc(CN2CCc3oc(C(=O)N4CCCC(C)C4)nc3C2)cc1. The van der Waals surface area contributed by atoms with Crippen LogP contribution >= 0.6 is 0 Å². The Kier molecular flexibility index (Phi) is 4.81. The number of aryl methyl sites for hydroxylation is 1. The van der Waals surface area contributed by atoms with Crippen LogP contribution in [0, 0.1) is 12.8 Å². The first-order valence-electron chi connectivity index (χ1n) is 9.64. The predicted octanol–water partition coefficient (Wildman–Crippen LogP) is 3.41. The smallest absolute Gasteiger partial charge is 0.309 e. The summed E-state index contributed by atoms with van der Waals surface area (Å²) < 4.78 is 5.84. The molecule has 1 amide bonds. The third-order valence-corrected chi connectivity index (χ3v) is 5.46. The van der Waals surface area contributed by atoms with Crippen molar-refractivity contribution in [2.45, 2.75) is 46.2 Å². The van der Waals surface area contributed by atoms with Gasteiger partial charge in [0.2, 0.25) is 0 Å². The topological polar surface area (TPSA) is 49.6 Å². The molecule has 2 aliphatic rings. The molecule has 138 valence electrons. The molecule has 0 spiro atoms. The van der Waals surface area contributed by atoms with Crippen LogP contribution in [0.2, 0.25) is 0 Å². The monoisotopic (exact) mass is 353 g/mol. The summed E-state index contributed by atoms with van der Waals surface area (Å²) >= 11 is 0. The zero-order valence-corrected chi connectivity index (χ0v) is 15.7. The molecular weight excluding hydrogens is 326 g/mol. The standard InChI is InChI=1S/C21H27N3O2/c1-15-5-7-17(8-6-15)13-23-11-9-19-18(14-23)22-20(26-19)21(25)24-10-3-4-16(2)12-24/h5-8,16H,3-4,9-14H2,1-2H3. The molecular formula is C21H27N3O2. The zero-order valence-electron chi connectivity index (χ0n) is 15.7. The summed E-state index contributed by atoms with van der Waals surface area (Å²) in [5.41, 5.74) is 3.51. The average molecular weight is 353 g/mol. The molecule has 4 rings (SSSR count). The van der Waals surface area contributed by atoms with E-state index < -0.39 is 0 Å². The van der Waals surface area contributed by atoms with Gasteiger partial charge in [0.15, 0.2) is 0 Å². The second-order valence-electron chi connectivity index (χ2n) is 7.83. The van der Waals surface area contributed by atoms with Gasteiger partial charge in [0.25, 0.3) is 5.89 Å². The van der Waals surface area contributed by atoms with E-state index in [1.165, 1.54) is 17.5 Å². The van der Waals surface area contributed by atoms with Crippen LogP contribution < -0.4 is 0 Å². The Balaban J connectivity index is 1.43. The van der Waals surface area contributed by atoms with Gasteiger partial charge in [-0.25, -0.2) is 4.98 Å². The molecule has 1 saturated heterocycles. The van der Waals surface area contributed by atoms with Crippen molar-refractivity contribution in [2.75, 3.05) is 19.6 Å². The number of carbonyl (C=O) groups is 1. The normalized spacial score (nSPS) is 20.8. The first-order valence-corrected chi connectivity index (χ1v) is 9.64. The molecule has 0 aliphatic carbocycles. The molecule has 3 heterocycles. The Morgan fingerprint density at radius 2 is 2.08 bits per heavy atom. The van der Waals surface area contributed by atoms with Gasteiger partial charge in [-0.1, -0.05) is 36.8 Å². The molecule has 1 atom stereocenters. The summed E-state index contributed by atoms with van der Waals surface area (Å²) in [6.45, 7) is 8.51. The molecule has 26 heavy (non-hydrogen) atoms. The first-order chi connectivity index (χ1) is 12.6. The second kappa shape index (κ2) is 7.23. The maximum Gasteiger partial charge on any atom is 0.309 e. The van der Waals surface area contributed by atoms with E-state index in [4.69, 9.17) is 4.42 Å². The van der Waals surface area contributed by atoms with Crippen LogP contribution in [0.1, 0.15) is 53.0 Å². The number of aromatic nitrogens is 1. The van der Waals surface area contributed by atoms with Crippen molar-refractivity contribution < 1.29 is 9.21 Å². The largest absolute Gasteiger partial charge is 0.437 e.